The number of pyridine rings is 1. The van der Waals surface area contributed by atoms with E-state index >= 15 is 0 Å². The van der Waals surface area contributed by atoms with Crippen LogP contribution in [0.5, 0.6) is 0 Å². The Balaban J connectivity index is 2.02. The minimum atomic E-state index is 0.762. The Labute approximate surface area is 109 Å². The van der Waals surface area contributed by atoms with E-state index in [9.17, 15) is 0 Å². The lowest BCUT2D eigenvalue weighted by Crippen LogP contribution is -1.81. The molecule has 2 nitrogen and oxygen atoms in total. The van der Waals surface area contributed by atoms with Gasteiger partial charge in [0.05, 0.1) is 5.75 Å². The van der Waals surface area contributed by atoms with Crippen LogP contribution in [0.1, 0.15) is 5.76 Å². The molecule has 2 aromatic heterocycles. The summed E-state index contributed by atoms with van der Waals surface area (Å²) in [5, 5.41) is 0.977. The molecule has 0 atom stereocenters. The fourth-order valence-corrected chi connectivity index (χ4v) is 2.76. The lowest BCUT2D eigenvalue weighted by molar-refractivity contribution is 0.506. The summed E-state index contributed by atoms with van der Waals surface area (Å²) in [6.07, 6.45) is 1.78. The van der Waals surface area contributed by atoms with Crippen molar-refractivity contribution in [2.75, 3.05) is 0 Å². The van der Waals surface area contributed by atoms with Crippen molar-refractivity contribution in [2.45, 2.75) is 10.8 Å². The Morgan fingerprint density at radius 2 is 2.13 bits per heavy atom. The smallest absolute Gasteiger partial charge is 0.169 e. The average Bonchev–Trinajstić information content (AvgIpc) is 2.63. The summed E-state index contributed by atoms with van der Waals surface area (Å²) in [6.45, 7) is 0. The SMILES string of the molecule is Brc1ccc(CSc2ncccc2Br)o1. The molecule has 0 aliphatic heterocycles. The molecule has 0 saturated heterocycles. The molecule has 0 radical (unpaired) electrons. The highest BCUT2D eigenvalue weighted by Crippen LogP contribution is 2.28. The van der Waals surface area contributed by atoms with Crippen molar-refractivity contribution in [3.05, 3.63) is 45.4 Å². The first-order chi connectivity index (χ1) is 7.25. The zero-order chi connectivity index (χ0) is 10.7. The number of nitrogens with zero attached hydrogens (tertiary/aromatic N) is 1. The largest absolute Gasteiger partial charge is 0.453 e. The summed E-state index contributed by atoms with van der Waals surface area (Å²) in [6, 6.07) is 7.72. The summed E-state index contributed by atoms with van der Waals surface area (Å²) in [7, 11) is 0. The molecule has 5 heteroatoms. The second kappa shape index (κ2) is 5.18. The van der Waals surface area contributed by atoms with Gasteiger partial charge in [-0.1, -0.05) is 11.8 Å². The van der Waals surface area contributed by atoms with Crippen LogP contribution in [-0.2, 0) is 5.75 Å². The molecule has 2 rings (SSSR count). The highest BCUT2D eigenvalue weighted by atomic mass is 79.9. The molecule has 78 valence electrons. The second-order valence-electron chi connectivity index (χ2n) is 2.78. The first kappa shape index (κ1) is 11.2. The standard InChI is InChI=1S/C10H7Br2NOS/c11-8-2-1-5-13-10(8)15-6-7-3-4-9(12)14-7/h1-5H,6H2. The molecule has 0 aliphatic rings. The summed E-state index contributed by atoms with van der Waals surface area (Å²) in [4.78, 5) is 4.26. The summed E-state index contributed by atoms with van der Waals surface area (Å²) in [5.74, 6) is 1.71. The van der Waals surface area contributed by atoms with Crippen LogP contribution in [-0.4, -0.2) is 4.98 Å². The van der Waals surface area contributed by atoms with Crippen molar-refractivity contribution in [1.29, 1.82) is 0 Å². The maximum atomic E-state index is 5.40. The van der Waals surface area contributed by atoms with Gasteiger partial charge in [0, 0.05) is 10.7 Å². The number of thioether (sulfide) groups is 1. The van der Waals surface area contributed by atoms with Crippen LogP contribution < -0.4 is 0 Å². The van der Waals surface area contributed by atoms with E-state index in [0.29, 0.717) is 0 Å². The number of hydrogen-bond acceptors (Lipinski definition) is 3. The zero-order valence-electron chi connectivity index (χ0n) is 7.61. The molecule has 0 unspecified atom stereocenters. The molecule has 0 amide bonds. The molecule has 2 aromatic rings. The molecule has 0 aromatic carbocycles. The van der Waals surface area contributed by atoms with Gasteiger partial charge in [0.2, 0.25) is 0 Å². The Hall–Kier alpha value is -0.260. The predicted octanol–water partition coefficient (Wildman–Crippen LogP) is 4.49. The van der Waals surface area contributed by atoms with Crippen LogP contribution in [0.25, 0.3) is 0 Å². The topological polar surface area (TPSA) is 26.0 Å². The molecule has 0 saturated carbocycles. The molecular formula is C10H7Br2NOS. The van der Waals surface area contributed by atoms with E-state index in [0.717, 1.165) is 25.7 Å². The summed E-state index contributed by atoms with van der Waals surface area (Å²) < 4.78 is 7.17. The van der Waals surface area contributed by atoms with Gasteiger partial charge in [-0.2, -0.15) is 0 Å². The Morgan fingerprint density at radius 3 is 2.80 bits per heavy atom. The zero-order valence-corrected chi connectivity index (χ0v) is 11.6. The van der Waals surface area contributed by atoms with Gasteiger partial charge in [-0.25, -0.2) is 4.98 Å². The number of rotatable bonds is 3. The van der Waals surface area contributed by atoms with Crippen LogP contribution >= 0.6 is 43.6 Å². The molecule has 2 heterocycles. The monoisotopic (exact) mass is 347 g/mol. The van der Waals surface area contributed by atoms with E-state index in [1.807, 2.05) is 24.3 Å². The van der Waals surface area contributed by atoms with Gasteiger partial charge in [0.1, 0.15) is 10.8 Å². The number of halogens is 2. The Morgan fingerprint density at radius 1 is 1.27 bits per heavy atom. The highest BCUT2D eigenvalue weighted by molar-refractivity contribution is 9.10. The van der Waals surface area contributed by atoms with Crippen molar-refractivity contribution < 1.29 is 4.42 Å². The van der Waals surface area contributed by atoms with E-state index in [-0.39, 0.29) is 0 Å². The first-order valence-corrected chi connectivity index (χ1v) is 6.80. The van der Waals surface area contributed by atoms with Crippen LogP contribution in [0.2, 0.25) is 0 Å². The minimum absolute atomic E-state index is 0.762. The summed E-state index contributed by atoms with van der Waals surface area (Å²) in [5.41, 5.74) is 0. The van der Waals surface area contributed by atoms with E-state index in [2.05, 4.69) is 36.8 Å². The van der Waals surface area contributed by atoms with Crippen LogP contribution in [0, 0.1) is 0 Å². The van der Waals surface area contributed by atoms with E-state index in [1.165, 1.54) is 0 Å². The second-order valence-corrected chi connectivity index (χ2v) is 5.38. The Kier molecular flexibility index (Phi) is 3.88. The Bertz CT molecular complexity index is 458. The third kappa shape index (κ3) is 3.09. The molecule has 0 spiro atoms. The van der Waals surface area contributed by atoms with Gasteiger partial charge in [0.25, 0.3) is 0 Å². The van der Waals surface area contributed by atoms with E-state index in [1.54, 1.807) is 18.0 Å². The van der Waals surface area contributed by atoms with Crippen LogP contribution in [0.3, 0.4) is 0 Å². The molecule has 0 N–H and O–H groups in total. The maximum Gasteiger partial charge on any atom is 0.169 e. The quantitative estimate of drug-likeness (QED) is 0.764. The molecule has 15 heavy (non-hydrogen) atoms. The fraction of sp³-hybridized carbons (Fsp3) is 0.100. The van der Waals surface area contributed by atoms with Gasteiger partial charge in [-0.15, -0.1) is 0 Å². The van der Waals surface area contributed by atoms with Crippen LogP contribution in [0.15, 0.2) is 49.0 Å². The minimum Gasteiger partial charge on any atom is -0.453 e. The van der Waals surface area contributed by atoms with Crippen molar-refractivity contribution in [2.24, 2.45) is 0 Å². The number of aromatic nitrogens is 1. The highest BCUT2D eigenvalue weighted by Gasteiger charge is 2.04. The van der Waals surface area contributed by atoms with Gasteiger partial charge < -0.3 is 4.42 Å². The van der Waals surface area contributed by atoms with E-state index in [4.69, 9.17) is 4.42 Å². The molecule has 0 bridgehead atoms. The number of hydrogen-bond donors (Lipinski definition) is 0. The summed E-state index contributed by atoms with van der Waals surface area (Å²) >= 11 is 8.36. The van der Waals surface area contributed by atoms with Crippen molar-refractivity contribution in [3.8, 4) is 0 Å². The molecule has 0 fully saturated rings. The van der Waals surface area contributed by atoms with Gasteiger partial charge in [-0.3, -0.25) is 0 Å². The normalized spacial score (nSPS) is 10.5. The van der Waals surface area contributed by atoms with Crippen molar-refractivity contribution in [1.82, 2.24) is 4.98 Å². The third-order valence-electron chi connectivity index (χ3n) is 1.70. The van der Waals surface area contributed by atoms with Crippen molar-refractivity contribution >= 4 is 43.6 Å². The lowest BCUT2D eigenvalue weighted by Gasteiger charge is -2.00. The molecule has 0 aliphatic carbocycles. The van der Waals surface area contributed by atoms with Crippen molar-refractivity contribution in [3.63, 3.8) is 0 Å². The van der Waals surface area contributed by atoms with Gasteiger partial charge >= 0.3 is 0 Å². The molecular weight excluding hydrogens is 342 g/mol. The van der Waals surface area contributed by atoms with Crippen LogP contribution in [0.4, 0.5) is 0 Å². The maximum absolute atomic E-state index is 5.40. The first-order valence-electron chi connectivity index (χ1n) is 4.23. The average molecular weight is 349 g/mol. The van der Waals surface area contributed by atoms with Gasteiger partial charge in [0.15, 0.2) is 4.67 Å². The van der Waals surface area contributed by atoms with E-state index < -0.39 is 0 Å². The predicted molar refractivity (Wildman–Crippen MR) is 67.9 cm³/mol. The number of furan rings is 1. The van der Waals surface area contributed by atoms with Gasteiger partial charge in [-0.05, 0) is 56.1 Å². The lowest BCUT2D eigenvalue weighted by atomic mass is 10.5. The third-order valence-corrected chi connectivity index (χ3v) is 4.06. The fourth-order valence-electron chi connectivity index (χ4n) is 1.05.